The van der Waals surface area contributed by atoms with Gasteiger partial charge in [-0.1, -0.05) is 11.2 Å². The molecule has 1 aromatic carbocycles. The van der Waals surface area contributed by atoms with Gasteiger partial charge >= 0.3 is 0 Å². The van der Waals surface area contributed by atoms with Gasteiger partial charge in [0.15, 0.2) is 5.76 Å². The zero-order chi connectivity index (χ0) is 26.9. The Morgan fingerprint density at radius 2 is 2.10 bits per heavy atom. The van der Waals surface area contributed by atoms with Crippen LogP contribution in [0.2, 0.25) is 0 Å². The first kappa shape index (κ1) is 24.2. The number of ether oxygens (including phenoxy) is 1. The number of aromatic nitrogens is 4. The second kappa shape index (κ2) is 8.82. The van der Waals surface area contributed by atoms with Gasteiger partial charge in [-0.15, -0.1) is 0 Å². The van der Waals surface area contributed by atoms with Crippen molar-refractivity contribution >= 4 is 16.7 Å². The lowest BCUT2D eigenvalue weighted by atomic mass is 9.68. The zero-order valence-corrected chi connectivity index (χ0v) is 22.7. The first-order chi connectivity index (χ1) is 18.9. The van der Waals surface area contributed by atoms with E-state index in [2.05, 4.69) is 41.1 Å². The predicted molar refractivity (Wildman–Crippen MR) is 147 cm³/mol. The standard InChI is InChI=1S/C30H33N7O2/c1-17(24-7-5-13-36(24)2)38-29-27-23(33-16-37(27)3)14-22(34-29)26-19-6-4-11-30(28(19)39-35-26)12-10-18-8-9-21(32)20(15-31)25(18)30/h8-9,14,16-17,24H,4-7,10-13,32H2,1-3H3/t17-,24-,30-/m0/s1. The van der Waals surface area contributed by atoms with E-state index in [0.717, 1.165) is 78.7 Å². The Hall–Kier alpha value is -3.90. The first-order valence-electron chi connectivity index (χ1n) is 13.9. The number of hydrogen-bond acceptors (Lipinski definition) is 8. The van der Waals surface area contributed by atoms with Gasteiger partial charge in [-0.2, -0.15) is 5.26 Å². The number of nitrogens with zero attached hydrogens (tertiary/aromatic N) is 6. The van der Waals surface area contributed by atoms with E-state index < -0.39 is 0 Å². The summed E-state index contributed by atoms with van der Waals surface area (Å²) in [6.45, 7) is 3.21. The summed E-state index contributed by atoms with van der Waals surface area (Å²) in [6.07, 6.45) is 8.58. The van der Waals surface area contributed by atoms with E-state index in [4.69, 9.17) is 20.0 Å². The molecule has 4 aromatic rings. The van der Waals surface area contributed by atoms with Crippen LogP contribution in [0, 0.1) is 11.3 Å². The van der Waals surface area contributed by atoms with E-state index in [-0.39, 0.29) is 11.5 Å². The minimum atomic E-state index is -0.384. The zero-order valence-electron chi connectivity index (χ0n) is 22.7. The fourth-order valence-corrected chi connectivity index (χ4v) is 7.41. The second-order valence-corrected chi connectivity index (χ2v) is 11.5. The van der Waals surface area contributed by atoms with Crippen molar-refractivity contribution in [2.45, 2.75) is 69.4 Å². The van der Waals surface area contributed by atoms with Crippen LogP contribution in [0.3, 0.4) is 0 Å². The Morgan fingerprint density at radius 1 is 1.23 bits per heavy atom. The molecule has 0 saturated carbocycles. The highest BCUT2D eigenvalue weighted by atomic mass is 16.5. The summed E-state index contributed by atoms with van der Waals surface area (Å²) < 4.78 is 14.7. The Labute approximate surface area is 227 Å². The Morgan fingerprint density at radius 3 is 2.90 bits per heavy atom. The number of likely N-dealkylation sites (N-methyl/N-ethyl adjacent to an activating group) is 1. The molecule has 2 N–H and O–H groups in total. The molecule has 9 heteroatoms. The minimum absolute atomic E-state index is 0.0160. The fraction of sp³-hybridized carbons (Fsp3) is 0.467. The van der Waals surface area contributed by atoms with Crippen LogP contribution >= 0.6 is 0 Å². The van der Waals surface area contributed by atoms with Gasteiger partial charge in [0.05, 0.1) is 28.5 Å². The topological polar surface area (TPSA) is 119 Å². The van der Waals surface area contributed by atoms with Crippen molar-refractivity contribution in [2.75, 3.05) is 19.3 Å². The molecular weight excluding hydrogens is 490 g/mol. The number of fused-ring (bicyclic) bond motifs is 5. The smallest absolute Gasteiger partial charge is 0.241 e. The summed E-state index contributed by atoms with van der Waals surface area (Å²) in [6, 6.07) is 8.63. The third-order valence-corrected chi connectivity index (χ3v) is 9.31. The average molecular weight is 524 g/mol. The molecule has 9 nitrogen and oxygen atoms in total. The number of nitrogens with two attached hydrogens (primary N) is 1. The van der Waals surface area contributed by atoms with Crippen molar-refractivity contribution in [3.63, 3.8) is 0 Å². The van der Waals surface area contributed by atoms with Gasteiger partial charge < -0.3 is 19.6 Å². The molecule has 3 aliphatic rings. The number of rotatable bonds is 4. The highest BCUT2D eigenvalue weighted by Gasteiger charge is 2.49. The van der Waals surface area contributed by atoms with Crippen LogP contribution in [0.25, 0.3) is 22.4 Å². The molecule has 200 valence electrons. The van der Waals surface area contributed by atoms with Gasteiger partial charge in [0, 0.05) is 24.3 Å². The van der Waals surface area contributed by atoms with Crippen molar-refractivity contribution in [3.8, 4) is 23.3 Å². The van der Waals surface area contributed by atoms with E-state index in [9.17, 15) is 5.26 Å². The predicted octanol–water partition coefficient (Wildman–Crippen LogP) is 4.51. The number of likely N-dealkylation sites (tertiary alicyclic amines) is 1. The number of benzene rings is 1. The van der Waals surface area contributed by atoms with Crippen LogP contribution in [0.5, 0.6) is 5.88 Å². The van der Waals surface area contributed by atoms with Crippen molar-refractivity contribution in [1.82, 2.24) is 24.6 Å². The number of pyridine rings is 1. The molecule has 4 heterocycles. The third-order valence-electron chi connectivity index (χ3n) is 9.31. The molecule has 0 radical (unpaired) electrons. The molecule has 1 spiro atoms. The maximum atomic E-state index is 10.0. The van der Waals surface area contributed by atoms with Crippen LogP contribution in [0.1, 0.15) is 67.0 Å². The van der Waals surface area contributed by atoms with E-state index in [1.54, 1.807) is 6.33 Å². The second-order valence-electron chi connectivity index (χ2n) is 11.5. The van der Waals surface area contributed by atoms with Crippen molar-refractivity contribution in [3.05, 3.63) is 52.5 Å². The normalized spacial score (nSPS) is 23.2. The van der Waals surface area contributed by atoms with Crippen molar-refractivity contribution in [1.29, 1.82) is 5.26 Å². The molecule has 2 aliphatic carbocycles. The summed E-state index contributed by atoms with van der Waals surface area (Å²) in [7, 11) is 4.12. The van der Waals surface area contributed by atoms with E-state index >= 15 is 0 Å². The molecule has 0 amide bonds. The third kappa shape index (κ3) is 3.51. The minimum Gasteiger partial charge on any atom is -0.471 e. The van der Waals surface area contributed by atoms with Crippen molar-refractivity contribution in [2.24, 2.45) is 7.05 Å². The van der Waals surface area contributed by atoms with E-state index in [1.165, 1.54) is 12.0 Å². The molecular formula is C30H33N7O2. The van der Waals surface area contributed by atoms with Crippen LogP contribution < -0.4 is 10.5 Å². The van der Waals surface area contributed by atoms with Gasteiger partial charge in [0.25, 0.3) is 0 Å². The summed E-state index contributed by atoms with van der Waals surface area (Å²) in [5.41, 5.74) is 13.4. The quantitative estimate of drug-likeness (QED) is 0.388. The Kier molecular flexibility index (Phi) is 5.46. The number of imidazole rings is 1. The number of aryl methyl sites for hydroxylation is 2. The molecule has 0 unspecified atom stereocenters. The molecule has 39 heavy (non-hydrogen) atoms. The summed E-state index contributed by atoms with van der Waals surface area (Å²) in [4.78, 5) is 12.0. The van der Waals surface area contributed by atoms with Crippen LogP contribution in [-0.2, 0) is 25.3 Å². The molecule has 3 atom stereocenters. The summed E-state index contributed by atoms with van der Waals surface area (Å²) in [5.74, 6) is 1.43. The monoisotopic (exact) mass is 523 g/mol. The highest BCUT2D eigenvalue weighted by Crippen LogP contribution is 2.54. The van der Waals surface area contributed by atoms with Gasteiger partial charge in [0.1, 0.15) is 23.4 Å². The number of hydrogen-bond donors (Lipinski definition) is 1. The maximum absolute atomic E-state index is 10.0. The number of anilines is 1. The van der Waals surface area contributed by atoms with E-state index in [0.29, 0.717) is 28.9 Å². The SMILES string of the molecule is C[C@H](Oc1nc(-c2noc3c2CCC[C@@]32CCc3ccc(N)c(C#N)c32)cc2ncn(C)c12)[C@@H]1CCCN1C. The Balaban J connectivity index is 1.34. The molecule has 3 aromatic heterocycles. The Bertz CT molecular complexity index is 1650. The molecule has 1 aliphatic heterocycles. The van der Waals surface area contributed by atoms with Gasteiger partial charge in [-0.25, -0.2) is 9.97 Å². The van der Waals surface area contributed by atoms with Crippen LogP contribution in [-0.4, -0.2) is 50.3 Å². The molecule has 1 fully saturated rings. The first-order valence-corrected chi connectivity index (χ1v) is 13.9. The molecule has 0 bridgehead atoms. The van der Waals surface area contributed by atoms with Crippen LogP contribution in [0.4, 0.5) is 5.69 Å². The molecule has 7 rings (SSSR count). The average Bonchev–Trinajstić information content (AvgIpc) is 3.71. The lowest BCUT2D eigenvalue weighted by molar-refractivity contribution is 0.118. The van der Waals surface area contributed by atoms with Crippen molar-refractivity contribution < 1.29 is 9.26 Å². The largest absolute Gasteiger partial charge is 0.471 e. The number of nitriles is 1. The fourth-order valence-electron chi connectivity index (χ4n) is 7.41. The maximum Gasteiger partial charge on any atom is 0.241 e. The van der Waals surface area contributed by atoms with Crippen LogP contribution in [0.15, 0.2) is 29.0 Å². The van der Waals surface area contributed by atoms with Gasteiger partial charge in [-0.05, 0) is 88.7 Å². The summed E-state index contributed by atoms with van der Waals surface area (Å²) in [5, 5.41) is 14.6. The lowest BCUT2D eigenvalue weighted by Gasteiger charge is -2.33. The van der Waals surface area contributed by atoms with Gasteiger partial charge in [0.2, 0.25) is 5.88 Å². The number of nitrogen functional groups attached to an aromatic ring is 1. The summed E-state index contributed by atoms with van der Waals surface area (Å²) >= 11 is 0. The lowest BCUT2D eigenvalue weighted by Crippen LogP contribution is -2.38. The van der Waals surface area contributed by atoms with Gasteiger partial charge in [-0.3, -0.25) is 4.90 Å². The molecule has 1 saturated heterocycles. The van der Waals surface area contributed by atoms with E-state index in [1.807, 2.05) is 23.7 Å². The highest BCUT2D eigenvalue weighted by molar-refractivity contribution is 5.84.